The summed E-state index contributed by atoms with van der Waals surface area (Å²) in [6, 6.07) is 11.3. The van der Waals surface area contributed by atoms with E-state index < -0.39 is 0 Å². The van der Waals surface area contributed by atoms with Crippen LogP contribution < -0.4 is 9.47 Å². The summed E-state index contributed by atoms with van der Waals surface area (Å²) in [6.45, 7) is 6.36. The van der Waals surface area contributed by atoms with Gasteiger partial charge in [0, 0.05) is 23.5 Å². The van der Waals surface area contributed by atoms with Crippen molar-refractivity contribution in [3.8, 4) is 17.2 Å². The fourth-order valence-corrected chi connectivity index (χ4v) is 5.44. The number of aromatic hydroxyl groups is 1. The third kappa shape index (κ3) is 2.85. The van der Waals surface area contributed by atoms with Crippen LogP contribution in [0, 0.1) is 5.92 Å². The Morgan fingerprint density at radius 2 is 1.93 bits per heavy atom. The number of ether oxygens (including phenoxy) is 2. The van der Waals surface area contributed by atoms with E-state index in [4.69, 9.17) is 9.47 Å². The molecule has 2 aromatic rings. The Morgan fingerprint density at radius 3 is 2.69 bits per heavy atom. The first-order valence-corrected chi connectivity index (χ1v) is 10.3. The molecule has 0 aromatic heterocycles. The first kappa shape index (κ1) is 18.3. The van der Waals surface area contributed by atoms with Gasteiger partial charge in [0.05, 0.1) is 0 Å². The maximum atomic E-state index is 13.1. The molecule has 1 N–H and O–H groups in total. The van der Waals surface area contributed by atoms with Crippen molar-refractivity contribution in [3.63, 3.8) is 0 Å². The van der Waals surface area contributed by atoms with Gasteiger partial charge in [-0.15, -0.1) is 0 Å². The fraction of sp³-hybridized carbons (Fsp3) is 0.400. The number of hydrogen-bond donors (Lipinski definition) is 1. The molecule has 1 fully saturated rings. The quantitative estimate of drug-likeness (QED) is 0.556. The molecule has 1 aliphatic carbocycles. The number of carbonyl (C=O) groups excluding carboxylic acids is 1. The minimum Gasteiger partial charge on any atom is -0.507 e. The lowest BCUT2D eigenvalue weighted by Crippen LogP contribution is -2.54. The van der Waals surface area contributed by atoms with Gasteiger partial charge in [0.15, 0.2) is 5.78 Å². The van der Waals surface area contributed by atoms with Gasteiger partial charge in [0.2, 0.25) is 0 Å². The molecular weight excluding hydrogens is 364 g/mol. The fourth-order valence-electron chi connectivity index (χ4n) is 5.44. The average molecular weight is 390 g/mol. The van der Waals surface area contributed by atoms with Gasteiger partial charge in [-0.3, -0.25) is 4.79 Å². The topological polar surface area (TPSA) is 55.8 Å². The molecule has 29 heavy (non-hydrogen) atoms. The van der Waals surface area contributed by atoms with E-state index in [2.05, 4.69) is 20.8 Å². The molecule has 0 amide bonds. The summed E-state index contributed by atoms with van der Waals surface area (Å²) >= 11 is 0. The predicted octanol–water partition coefficient (Wildman–Crippen LogP) is 5.49. The minimum absolute atomic E-state index is 0.0840. The molecule has 3 aliphatic rings. The Hall–Kier alpha value is -2.75. The number of phenols is 1. The van der Waals surface area contributed by atoms with Gasteiger partial charge in [-0.2, -0.15) is 0 Å². The first-order chi connectivity index (χ1) is 13.8. The van der Waals surface area contributed by atoms with Crippen molar-refractivity contribution in [2.24, 2.45) is 5.92 Å². The standard InChI is InChI=1S/C25H26O4/c1-24(2)17-11-12-25(3)14-16(17)21-20(28-24)13-19(27)22(23(21)29-25)18(26)10-9-15-7-5-4-6-8-15/h4-10,13,16-17,27H,11-12,14H2,1-3H3/t16-,17+,25-/m1/s1. The average Bonchev–Trinajstić information content (AvgIpc) is 2.65. The monoisotopic (exact) mass is 390 g/mol. The zero-order valence-electron chi connectivity index (χ0n) is 17.1. The number of carbonyl (C=O) groups is 1. The van der Waals surface area contributed by atoms with Crippen LogP contribution in [0.1, 0.15) is 67.4 Å². The van der Waals surface area contributed by atoms with Crippen molar-refractivity contribution in [1.82, 2.24) is 0 Å². The van der Waals surface area contributed by atoms with Crippen LogP contribution in [0.15, 0.2) is 42.5 Å². The van der Waals surface area contributed by atoms with Crippen molar-refractivity contribution in [3.05, 3.63) is 59.2 Å². The zero-order valence-corrected chi connectivity index (χ0v) is 17.1. The highest BCUT2D eigenvalue weighted by Gasteiger charge is 2.55. The normalized spacial score (nSPS) is 28.5. The SMILES string of the molecule is CC1(C)Oc2cc(O)c(C(=O)C=Cc3ccccc3)c3c2[C@@H]2C[C@@](C)(CC[C@@H]21)O3. The van der Waals surface area contributed by atoms with Crippen molar-refractivity contribution >= 4 is 11.9 Å². The highest BCUT2D eigenvalue weighted by Crippen LogP contribution is 2.62. The van der Waals surface area contributed by atoms with Crippen molar-refractivity contribution in [2.75, 3.05) is 0 Å². The number of rotatable bonds is 3. The maximum Gasteiger partial charge on any atom is 0.193 e. The third-order valence-corrected chi connectivity index (χ3v) is 6.84. The number of ketones is 1. The minimum atomic E-state index is -0.315. The van der Waals surface area contributed by atoms with Gasteiger partial charge < -0.3 is 14.6 Å². The van der Waals surface area contributed by atoms with Gasteiger partial charge in [-0.1, -0.05) is 36.4 Å². The molecule has 2 heterocycles. The van der Waals surface area contributed by atoms with Gasteiger partial charge in [0.1, 0.15) is 34.0 Å². The molecule has 4 nitrogen and oxygen atoms in total. The molecule has 3 atom stereocenters. The number of allylic oxidation sites excluding steroid dienone is 1. The van der Waals surface area contributed by atoms with Crippen LogP contribution in [-0.2, 0) is 0 Å². The van der Waals surface area contributed by atoms with Gasteiger partial charge in [-0.05, 0) is 51.7 Å². The molecule has 2 aliphatic heterocycles. The second-order valence-corrected chi connectivity index (χ2v) is 9.33. The van der Waals surface area contributed by atoms with Crippen LogP contribution in [0.3, 0.4) is 0 Å². The summed E-state index contributed by atoms with van der Waals surface area (Å²) in [6.07, 6.45) is 6.14. The van der Waals surface area contributed by atoms with Crippen molar-refractivity contribution < 1.29 is 19.4 Å². The van der Waals surface area contributed by atoms with Crippen LogP contribution in [-0.4, -0.2) is 22.1 Å². The summed E-state index contributed by atoms with van der Waals surface area (Å²) in [7, 11) is 0. The maximum absolute atomic E-state index is 13.1. The van der Waals surface area contributed by atoms with E-state index in [1.54, 1.807) is 12.1 Å². The van der Waals surface area contributed by atoms with Crippen LogP contribution in [0.25, 0.3) is 6.08 Å². The summed E-state index contributed by atoms with van der Waals surface area (Å²) in [4.78, 5) is 13.1. The van der Waals surface area contributed by atoms with Crippen LogP contribution in [0.2, 0.25) is 0 Å². The third-order valence-electron chi connectivity index (χ3n) is 6.84. The smallest absolute Gasteiger partial charge is 0.193 e. The van der Waals surface area contributed by atoms with E-state index in [-0.39, 0.29) is 34.2 Å². The molecule has 2 bridgehead atoms. The lowest BCUT2D eigenvalue weighted by molar-refractivity contribution is -0.0730. The van der Waals surface area contributed by atoms with E-state index in [1.165, 1.54) is 6.08 Å². The van der Waals surface area contributed by atoms with Crippen LogP contribution in [0.5, 0.6) is 17.2 Å². The highest BCUT2D eigenvalue weighted by molar-refractivity contribution is 6.11. The summed E-state index contributed by atoms with van der Waals surface area (Å²) in [5.74, 6) is 1.48. The number of benzene rings is 2. The van der Waals surface area contributed by atoms with E-state index in [0.29, 0.717) is 17.4 Å². The van der Waals surface area contributed by atoms with Crippen LogP contribution in [0.4, 0.5) is 0 Å². The summed E-state index contributed by atoms with van der Waals surface area (Å²) in [5, 5.41) is 10.8. The molecule has 2 aromatic carbocycles. The van der Waals surface area contributed by atoms with Crippen LogP contribution >= 0.6 is 0 Å². The number of hydrogen-bond acceptors (Lipinski definition) is 4. The lowest BCUT2D eigenvalue weighted by Gasteiger charge is -2.55. The largest absolute Gasteiger partial charge is 0.507 e. The molecular formula is C25H26O4. The second kappa shape index (κ2) is 6.12. The summed E-state index contributed by atoms with van der Waals surface area (Å²) < 4.78 is 12.7. The van der Waals surface area contributed by atoms with Gasteiger partial charge in [0.25, 0.3) is 0 Å². The van der Waals surface area contributed by atoms with E-state index in [1.807, 2.05) is 30.3 Å². The van der Waals surface area contributed by atoms with E-state index in [9.17, 15) is 9.90 Å². The molecule has 150 valence electrons. The molecule has 4 heteroatoms. The molecule has 1 saturated carbocycles. The van der Waals surface area contributed by atoms with Gasteiger partial charge in [-0.25, -0.2) is 0 Å². The Morgan fingerprint density at radius 1 is 1.17 bits per heavy atom. The number of phenolic OH excluding ortho intramolecular Hbond substituents is 1. The zero-order chi connectivity index (χ0) is 20.4. The van der Waals surface area contributed by atoms with Crippen molar-refractivity contribution in [1.29, 1.82) is 0 Å². The molecule has 0 unspecified atom stereocenters. The molecule has 0 spiro atoms. The number of fused-ring (bicyclic) bond motifs is 1. The second-order valence-electron chi connectivity index (χ2n) is 9.33. The van der Waals surface area contributed by atoms with E-state index >= 15 is 0 Å². The Bertz CT molecular complexity index is 1020. The molecule has 0 saturated heterocycles. The predicted molar refractivity (Wildman–Crippen MR) is 112 cm³/mol. The Kier molecular flexibility index (Phi) is 3.86. The van der Waals surface area contributed by atoms with Crippen molar-refractivity contribution in [2.45, 2.75) is 57.2 Å². The Balaban J connectivity index is 1.63. The van der Waals surface area contributed by atoms with Gasteiger partial charge >= 0.3 is 0 Å². The summed E-state index contributed by atoms with van der Waals surface area (Å²) in [5.41, 5.74) is 1.52. The first-order valence-electron chi connectivity index (χ1n) is 10.3. The molecule has 5 rings (SSSR count). The Labute approximate surface area is 171 Å². The van der Waals surface area contributed by atoms with E-state index in [0.717, 1.165) is 30.4 Å². The molecule has 0 radical (unpaired) electrons. The lowest BCUT2D eigenvalue weighted by atomic mass is 9.61. The highest BCUT2D eigenvalue weighted by atomic mass is 16.5.